The molecule has 0 aromatic carbocycles. The summed E-state index contributed by atoms with van der Waals surface area (Å²) in [5.41, 5.74) is -0.0780. The van der Waals surface area contributed by atoms with Crippen LogP contribution in [0, 0.1) is 11.3 Å². The molecule has 2 saturated heterocycles. The standard InChI is InChI=1S/C13H23NO2/c1-2-5-13(6-3-7-14-10-13)12(15)11-4-8-16-9-11/h11,14H,2-10H2,1H3. The summed E-state index contributed by atoms with van der Waals surface area (Å²) in [6, 6.07) is 0. The van der Waals surface area contributed by atoms with Crippen LogP contribution in [0.3, 0.4) is 0 Å². The first-order valence-corrected chi connectivity index (χ1v) is 6.61. The smallest absolute Gasteiger partial charge is 0.145 e. The van der Waals surface area contributed by atoms with Crippen LogP contribution in [0.4, 0.5) is 0 Å². The Balaban J connectivity index is 2.07. The average molecular weight is 225 g/mol. The summed E-state index contributed by atoms with van der Waals surface area (Å²) >= 11 is 0. The second-order valence-electron chi connectivity index (χ2n) is 5.24. The van der Waals surface area contributed by atoms with Crippen molar-refractivity contribution in [2.24, 2.45) is 11.3 Å². The van der Waals surface area contributed by atoms with E-state index < -0.39 is 0 Å². The molecule has 0 amide bonds. The molecule has 3 nitrogen and oxygen atoms in total. The van der Waals surface area contributed by atoms with Gasteiger partial charge in [0.2, 0.25) is 0 Å². The zero-order valence-electron chi connectivity index (χ0n) is 10.3. The Hall–Kier alpha value is -0.410. The van der Waals surface area contributed by atoms with Gasteiger partial charge in [0.05, 0.1) is 6.61 Å². The Morgan fingerprint density at radius 1 is 1.56 bits per heavy atom. The van der Waals surface area contributed by atoms with Crippen LogP contribution in [-0.2, 0) is 9.53 Å². The van der Waals surface area contributed by atoms with Gasteiger partial charge in [-0.2, -0.15) is 0 Å². The molecular weight excluding hydrogens is 202 g/mol. The van der Waals surface area contributed by atoms with Crippen LogP contribution in [0.25, 0.3) is 0 Å². The number of piperidine rings is 1. The van der Waals surface area contributed by atoms with Gasteiger partial charge in [0.1, 0.15) is 5.78 Å². The summed E-state index contributed by atoms with van der Waals surface area (Å²) in [5.74, 6) is 0.644. The van der Waals surface area contributed by atoms with E-state index in [9.17, 15) is 4.79 Å². The molecule has 0 radical (unpaired) electrons. The first-order valence-electron chi connectivity index (χ1n) is 6.61. The summed E-state index contributed by atoms with van der Waals surface area (Å²) in [6.45, 7) is 5.56. The number of rotatable bonds is 4. The van der Waals surface area contributed by atoms with Crippen LogP contribution in [-0.4, -0.2) is 32.1 Å². The number of nitrogens with one attached hydrogen (secondary N) is 1. The molecule has 92 valence electrons. The molecule has 1 N–H and O–H groups in total. The highest BCUT2D eigenvalue weighted by molar-refractivity contribution is 5.87. The molecule has 16 heavy (non-hydrogen) atoms. The second-order valence-corrected chi connectivity index (χ2v) is 5.24. The van der Waals surface area contributed by atoms with Crippen molar-refractivity contribution in [3.63, 3.8) is 0 Å². The lowest BCUT2D eigenvalue weighted by molar-refractivity contribution is -0.134. The van der Waals surface area contributed by atoms with E-state index in [-0.39, 0.29) is 11.3 Å². The van der Waals surface area contributed by atoms with Crippen molar-refractivity contribution in [1.82, 2.24) is 5.32 Å². The van der Waals surface area contributed by atoms with Gasteiger partial charge in [-0.25, -0.2) is 0 Å². The molecule has 2 fully saturated rings. The van der Waals surface area contributed by atoms with E-state index in [1.54, 1.807) is 0 Å². The van der Waals surface area contributed by atoms with E-state index in [1.165, 1.54) is 0 Å². The topological polar surface area (TPSA) is 38.3 Å². The Morgan fingerprint density at radius 2 is 2.44 bits per heavy atom. The van der Waals surface area contributed by atoms with Gasteiger partial charge >= 0.3 is 0 Å². The van der Waals surface area contributed by atoms with Crippen LogP contribution in [0.1, 0.15) is 39.0 Å². The summed E-state index contributed by atoms with van der Waals surface area (Å²) in [5, 5.41) is 3.40. The molecule has 0 saturated carbocycles. The number of hydrogen-bond donors (Lipinski definition) is 1. The normalized spacial score (nSPS) is 35.2. The van der Waals surface area contributed by atoms with E-state index >= 15 is 0 Å². The van der Waals surface area contributed by atoms with Gasteiger partial charge in [-0.05, 0) is 32.2 Å². The lowest BCUT2D eigenvalue weighted by atomic mass is 9.70. The summed E-state index contributed by atoms with van der Waals surface area (Å²) in [4.78, 5) is 12.6. The van der Waals surface area contributed by atoms with Gasteiger partial charge in [-0.1, -0.05) is 13.3 Å². The van der Waals surface area contributed by atoms with Gasteiger partial charge in [-0.15, -0.1) is 0 Å². The first kappa shape index (κ1) is 12.1. The molecule has 0 aromatic rings. The molecular formula is C13H23NO2. The summed E-state index contributed by atoms with van der Waals surface area (Å²) in [6.07, 6.45) is 5.28. The number of carbonyl (C=O) groups is 1. The molecule has 2 aliphatic rings. The maximum Gasteiger partial charge on any atom is 0.145 e. The minimum Gasteiger partial charge on any atom is -0.381 e. The third-order valence-electron chi connectivity index (χ3n) is 4.02. The highest BCUT2D eigenvalue weighted by Crippen LogP contribution is 2.36. The van der Waals surface area contributed by atoms with E-state index in [4.69, 9.17) is 4.74 Å². The molecule has 2 heterocycles. The second kappa shape index (κ2) is 5.28. The van der Waals surface area contributed by atoms with Crippen molar-refractivity contribution in [2.45, 2.75) is 39.0 Å². The molecule has 3 heteroatoms. The van der Waals surface area contributed by atoms with Crippen molar-refractivity contribution < 1.29 is 9.53 Å². The predicted molar refractivity (Wildman–Crippen MR) is 63.4 cm³/mol. The first-order chi connectivity index (χ1) is 7.78. The molecule has 0 aliphatic carbocycles. The number of ketones is 1. The fourth-order valence-corrected chi connectivity index (χ4v) is 3.17. The molecule has 0 aromatic heterocycles. The lowest BCUT2D eigenvalue weighted by Crippen LogP contribution is -2.48. The molecule has 2 atom stereocenters. The minimum absolute atomic E-state index is 0.0780. The molecule has 0 spiro atoms. The van der Waals surface area contributed by atoms with Crippen LogP contribution >= 0.6 is 0 Å². The zero-order chi connectivity index (χ0) is 11.4. The molecule has 0 bridgehead atoms. The average Bonchev–Trinajstić information content (AvgIpc) is 2.83. The third-order valence-corrected chi connectivity index (χ3v) is 4.02. The van der Waals surface area contributed by atoms with Gasteiger partial charge < -0.3 is 10.1 Å². The van der Waals surface area contributed by atoms with Gasteiger partial charge in [0.15, 0.2) is 0 Å². The SMILES string of the molecule is CCCC1(C(=O)C2CCOC2)CCCNC1. The summed E-state index contributed by atoms with van der Waals surface area (Å²) < 4.78 is 5.35. The summed E-state index contributed by atoms with van der Waals surface area (Å²) in [7, 11) is 0. The Labute approximate surface area is 97.9 Å². The number of Topliss-reactive ketones (excluding diaryl/α,β-unsaturated/α-hetero) is 1. The van der Waals surface area contributed by atoms with E-state index in [0.717, 1.165) is 51.8 Å². The minimum atomic E-state index is -0.0780. The van der Waals surface area contributed by atoms with E-state index in [0.29, 0.717) is 12.4 Å². The van der Waals surface area contributed by atoms with Gasteiger partial charge in [-0.3, -0.25) is 4.79 Å². The largest absolute Gasteiger partial charge is 0.381 e. The van der Waals surface area contributed by atoms with Gasteiger partial charge in [0, 0.05) is 24.5 Å². The fourth-order valence-electron chi connectivity index (χ4n) is 3.17. The fraction of sp³-hybridized carbons (Fsp3) is 0.923. The number of hydrogen-bond acceptors (Lipinski definition) is 3. The predicted octanol–water partition coefficient (Wildman–Crippen LogP) is 1.76. The maximum atomic E-state index is 12.6. The van der Waals surface area contributed by atoms with Crippen molar-refractivity contribution in [2.75, 3.05) is 26.3 Å². The Kier molecular flexibility index (Phi) is 3.98. The van der Waals surface area contributed by atoms with Crippen molar-refractivity contribution in [3.8, 4) is 0 Å². The third kappa shape index (κ3) is 2.30. The van der Waals surface area contributed by atoms with Crippen LogP contribution in [0.2, 0.25) is 0 Å². The van der Waals surface area contributed by atoms with Crippen molar-refractivity contribution in [1.29, 1.82) is 0 Å². The zero-order valence-corrected chi connectivity index (χ0v) is 10.3. The van der Waals surface area contributed by atoms with E-state index in [1.807, 2.05) is 0 Å². The van der Waals surface area contributed by atoms with Crippen molar-refractivity contribution >= 4 is 5.78 Å². The van der Waals surface area contributed by atoms with Gasteiger partial charge in [0.25, 0.3) is 0 Å². The van der Waals surface area contributed by atoms with Crippen LogP contribution in [0.5, 0.6) is 0 Å². The number of carbonyl (C=O) groups excluding carboxylic acids is 1. The molecule has 2 rings (SSSR count). The van der Waals surface area contributed by atoms with Crippen LogP contribution in [0.15, 0.2) is 0 Å². The highest BCUT2D eigenvalue weighted by Gasteiger charge is 2.42. The van der Waals surface area contributed by atoms with E-state index in [2.05, 4.69) is 12.2 Å². The quantitative estimate of drug-likeness (QED) is 0.792. The number of ether oxygens (including phenoxy) is 1. The molecule has 2 unspecified atom stereocenters. The Bertz CT molecular complexity index is 235. The maximum absolute atomic E-state index is 12.6. The van der Waals surface area contributed by atoms with Crippen molar-refractivity contribution in [3.05, 3.63) is 0 Å². The molecule has 2 aliphatic heterocycles. The Morgan fingerprint density at radius 3 is 3.00 bits per heavy atom. The highest BCUT2D eigenvalue weighted by atomic mass is 16.5. The lowest BCUT2D eigenvalue weighted by Gasteiger charge is -2.37. The van der Waals surface area contributed by atoms with Crippen LogP contribution < -0.4 is 5.32 Å². The monoisotopic (exact) mass is 225 g/mol.